The predicted molar refractivity (Wildman–Crippen MR) is 125 cm³/mol. The van der Waals surface area contributed by atoms with Crippen LogP contribution in [0, 0.1) is 20.8 Å². The van der Waals surface area contributed by atoms with Gasteiger partial charge in [-0.2, -0.15) is 5.10 Å². The minimum absolute atomic E-state index is 0.139. The lowest BCUT2D eigenvalue weighted by Crippen LogP contribution is -2.45. The first kappa shape index (κ1) is 22.3. The van der Waals surface area contributed by atoms with E-state index in [1.54, 1.807) is 6.21 Å². The van der Waals surface area contributed by atoms with Crippen LogP contribution < -0.4 is 10.3 Å². The van der Waals surface area contributed by atoms with Gasteiger partial charge in [0.15, 0.2) is 5.16 Å². The zero-order valence-corrected chi connectivity index (χ0v) is 19.7. The van der Waals surface area contributed by atoms with Crippen LogP contribution in [0.3, 0.4) is 0 Å². The Hall–Kier alpha value is -2.41. The molecule has 7 heteroatoms. The molecule has 1 N–H and O–H groups in total. The summed E-state index contributed by atoms with van der Waals surface area (Å²) in [4.78, 5) is 23.2. The fourth-order valence-electron chi connectivity index (χ4n) is 3.97. The molecule has 0 bridgehead atoms. The molecule has 0 spiro atoms. The summed E-state index contributed by atoms with van der Waals surface area (Å²) in [7, 11) is 2.16. The lowest BCUT2D eigenvalue weighted by Gasteiger charge is -2.45. The SMILES string of the molecule is Cc1cc(C)nc(SCC(=O)N/N=C\c2cc3c(cc2C)N(C)C(C)(C)CC3C)n1. The molecule has 2 heterocycles. The van der Waals surface area contributed by atoms with E-state index in [1.165, 1.54) is 23.0 Å². The number of rotatable bonds is 5. The summed E-state index contributed by atoms with van der Waals surface area (Å²) >= 11 is 1.31. The number of aromatic nitrogens is 2. The number of nitrogens with zero attached hydrogens (tertiary/aromatic N) is 4. The summed E-state index contributed by atoms with van der Waals surface area (Å²) < 4.78 is 0. The van der Waals surface area contributed by atoms with Gasteiger partial charge in [-0.05, 0) is 81.8 Å². The fraction of sp³-hybridized carbons (Fsp3) is 0.478. The normalized spacial score (nSPS) is 17.8. The average Bonchev–Trinajstić information content (AvgIpc) is 2.64. The van der Waals surface area contributed by atoms with Crippen LogP contribution >= 0.6 is 11.8 Å². The van der Waals surface area contributed by atoms with E-state index in [9.17, 15) is 4.79 Å². The molecule has 1 aromatic heterocycles. The number of thioether (sulfide) groups is 1. The molecule has 2 aromatic rings. The molecular weight excluding hydrogens is 394 g/mol. The van der Waals surface area contributed by atoms with Crippen molar-refractivity contribution in [3.8, 4) is 0 Å². The monoisotopic (exact) mass is 425 g/mol. The van der Waals surface area contributed by atoms with Crippen LogP contribution in [-0.4, -0.2) is 40.4 Å². The number of carbonyl (C=O) groups excluding carboxylic acids is 1. The van der Waals surface area contributed by atoms with E-state index >= 15 is 0 Å². The molecule has 1 atom stereocenters. The van der Waals surface area contributed by atoms with Gasteiger partial charge in [-0.3, -0.25) is 4.79 Å². The summed E-state index contributed by atoms with van der Waals surface area (Å²) in [5.41, 5.74) is 9.33. The van der Waals surface area contributed by atoms with Gasteiger partial charge in [0, 0.05) is 29.7 Å². The van der Waals surface area contributed by atoms with Crippen LogP contribution in [0.2, 0.25) is 0 Å². The van der Waals surface area contributed by atoms with Crippen molar-refractivity contribution in [2.75, 3.05) is 17.7 Å². The van der Waals surface area contributed by atoms with E-state index in [1.807, 2.05) is 19.9 Å². The average molecular weight is 426 g/mol. The van der Waals surface area contributed by atoms with E-state index in [0.717, 1.165) is 28.9 Å². The molecule has 1 aliphatic heterocycles. The Morgan fingerprint density at radius 2 is 1.93 bits per heavy atom. The van der Waals surface area contributed by atoms with Crippen LogP contribution in [0.5, 0.6) is 0 Å². The number of aryl methyl sites for hydroxylation is 3. The zero-order valence-electron chi connectivity index (χ0n) is 18.9. The van der Waals surface area contributed by atoms with Gasteiger partial charge in [-0.15, -0.1) is 0 Å². The second-order valence-electron chi connectivity index (χ2n) is 8.76. The van der Waals surface area contributed by atoms with Gasteiger partial charge in [0.05, 0.1) is 12.0 Å². The third kappa shape index (κ3) is 5.01. The van der Waals surface area contributed by atoms with Crippen LogP contribution in [0.15, 0.2) is 28.5 Å². The number of fused-ring (bicyclic) bond motifs is 1. The minimum Gasteiger partial charge on any atom is -0.369 e. The number of benzene rings is 1. The molecule has 1 aliphatic rings. The van der Waals surface area contributed by atoms with Gasteiger partial charge in [0.1, 0.15) is 0 Å². The number of amides is 1. The van der Waals surface area contributed by atoms with Crippen molar-refractivity contribution in [1.29, 1.82) is 0 Å². The molecular formula is C23H31N5OS. The van der Waals surface area contributed by atoms with Crippen molar-refractivity contribution in [2.24, 2.45) is 5.10 Å². The lowest BCUT2D eigenvalue weighted by molar-refractivity contribution is -0.118. The highest BCUT2D eigenvalue weighted by atomic mass is 32.2. The van der Waals surface area contributed by atoms with Gasteiger partial charge in [0.25, 0.3) is 5.91 Å². The molecule has 30 heavy (non-hydrogen) atoms. The molecule has 160 valence electrons. The molecule has 0 saturated heterocycles. The number of carbonyl (C=O) groups is 1. The number of nitrogens with one attached hydrogen (secondary N) is 1. The highest BCUT2D eigenvalue weighted by Crippen LogP contribution is 2.43. The Kier molecular flexibility index (Phi) is 6.50. The quantitative estimate of drug-likeness (QED) is 0.333. The maximum Gasteiger partial charge on any atom is 0.250 e. The maximum atomic E-state index is 12.2. The summed E-state index contributed by atoms with van der Waals surface area (Å²) in [5, 5.41) is 4.79. The van der Waals surface area contributed by atoms with E-state index in [-0.39, 0.29) is 17.2 Å². The maximum absolute atomic E-state index is 12.2. The number of hydrogen-bond donors (Lipinski definition) is 1. The molecule has 0 aliphatic carbocycles. The Morgan fingerprint density at radius 1 is 1.27 bits per heavy atom. The predicted octanol–water partition coefficient (Wildman–Crippen LogP) is 4.37. The van der Waals surface area contributed by atoms with E-state index in [4.69, 9.17) is 0 Å². The van der Waals surface area contributed by atoms with E-state index < -0.39 is 0 Å². The second kappa shape index (κ2) is 8.76. The second-order valence-corrected chi connectivity index (χ2v) is 9.70. The standard InChI is InChI=1S/C23H31N5OS/c1-14-8-20-19(15(2)11-23(5,6)28(20)7)10-18(14)12-24-27-21(29)13-30-22-25-16(3)9-17(4)26-22/h8-10,12,15H,11,13H2,1-7H3,(H,27,29)/b24-12-. The smallest absolute Gasteiger partial charge is 0.250 e. The number of hydrazone groups is 1. The van der Waals surface area contributed by atoms with Crippen molar-refractivity contribution in [2.45, 2.75) is 64.6 Å². The topological polar surface area (TPSA) is 70.5 Å². The number of anilines is 1. The summed E-state index contributed by atoms with van der Waals surface area (Å²) in [6.45, 7) is 12.8. The van der Waals surface area contributed by atoms with Crippen LogP contribution in [-0.2, 0) is 4.79 Å². The van der Waals surface area contributed by atoms with Gasteiger partial charge in [-0.1, -0.05) is 18.7 Å². The van der Waals surface area contributed by atoms with Crippen LogP contribution in [0.4, 0.5) is 5.69 Å². The highest BCUT2D eigenvalue weighted by Gasteiger charge is 2.34. The third-order valence-electron chi connectivity index (χ3n) is 5.71. The van der Waals surface area contributed by atoms with Crippen molar-refractivity contribution in [1.82, 2.24) is 15.4 Å². The highest BCUT2D eigenvalue weighted by molar-refractivity contribution is 7.99. The fourth-order valence-corrected chi connectivity index (χ4v) is 4.71. The molecule has 0 saturated carbocycles. The van der Waals surface area contributed by atoms with Gasteiger partial charge in [-0.25, -0.2) is 15.4 Å². The Morgan fingerprint density at radius 3 is 2.60 bits per heavy atom. The molecule has 6 nitrogen and oxygen atoms in total. The first-order valence-corrected chi connectivity index (χ1v) is 11.2. The molecule has 0 radical (unpaired) electrons. The first-order chi connectivity index (χ1) is 14.1. The molecule has 1 amide bonds. The van der Waals surface area contributed by atoms with Gasteiger partial charge >= 0.3 is 0 Å². The zero-order chi connectivity index (χ0) is 22.1. The minimum atomic E-state index is -0.176. The Labute approximate surface area is 183 Å². The largest absolute Gasteiger partial charge is 0.369 e. The molecule has 3 rings (SSSR count). The summed E-state index contributed by atoms with van der Waals surface area (Å²) in [6, 6.07) is 6.34. The van der Waals surface area contributed by atoms with Crippen LogP contribution in [0.1, 0.15) is 61.2 Å². The van der Waals surface area contributed by atoms with E-state index in [2.05, 4.69) is 72.3 Å². The van der Waals surface area contributed by atoms with Gasteiger partial charge in [0.2, 0.25) is 0 Å². The van der Waals surface area contributed by atoms with E-state index in [0.29, 0.717) is 11.1 Å². The number of hydrogen-bond acceptors (Lipinski definition) is 6. The molecule has 1 aromatic carbocycles. The lowest BCUT2D eigenvalue weighted by atomic mass is 9.79. The Bertz CT molecular complexity index is 966. The first-order valence-electron chi connectivity index (χ1n) is 10.2. The molecule has 0 fully saturated rings. The van der Waals surface area contributed by atoms with Crippen molar-refractivity contribution in [3.05, 3.63) is 46.3 Å². The van der Waals surface area contributed by atoms with Crippen molar-refractivity contribution in [3.63, 3.8) is 0 Å². The third-order valence-corrected chi connectivity index (χ3v) is 6.56. The summed E-state index contributed by atoms with van der Waals surface area (Å²) in [6.07, 6.45) is 2.84. The van der Waals surface area contributed by atoms with Crippen molar-refractivity contribution < 1.29 is 4.79 Å². The summed E-state index contributed by atoms with van der Waals surface area (Å²) in [5.74, 6) is 0.521. The Balaban J connectivity index is 1.65. The van der Waals surface area contributed by atoms with Crippen LogP contribution in [0.25, 0.3) is 0 Å². The van der Waals surface area contributed by atoms with Crippen molar-refractivity contribution >= 4 is 29.6 Å². The van der Waals surface area contributed by atoms with Gasteiger partial charge < -0.3 is 4.90 Å². The molecule has 1 unspecified atom stereocenters.